The van der Waals surface area contributed by atoms with E-state index in [2.05, 4.69) is 20.4 Å². The molecular formula is C21H16N4O5S. The van der Waals surface area contributed by atoms with Crippen molar-refractivity contribution in [1.82, 2.24) is 20.4 Å². The molecule has 0 aliphatic carbocycles. The molecule has 1 aliphatic heterocycles. The minimum atomic E-state index is -0.275. The van der Waals surface area contributed by atoms with Gasteiger partial charge in [0.05, 0.1) is 7.11 Å². The maximum atomic E-state index is 12.4. The van der Waals surface area contributed by atoms with Gasteiger partial charge in [0, 0.05) is 17.5 Å². The molecule has 1 N–H and O–H groups in total. The molecule has 0 unspecified atom stereocenters. The molecule has 0 saturated heterocycles. The molecule has 0 atom stereocenters. The minimum absolute atomic E-state index is 0.193. The standard InChI is InChI=1S/C21H16N4O5S/c1-27-14-5-2-12(3-6-14)9-22-19(26)21-23-15(10-31-21)20-24-18(25-30-20)13-4-7-16-17(8-13)29-11-28-16/h2-8,10H,9,11H2,1H3,(H,22,26). The molecule has 3 heterocycles. The number of hydrogen-bond acceptors (Lipinski definition) is 9. The molecule has 9 nitrogen and oxygen atoms in total. The Labute approximate surface area is 180 Å². The number of aromatic nitrogens is 3. The summed E-state index contributed by atoms with van der Waals surface area (Å²) < 4.78 is 21.2. The highest BCUT2D eigenvalue weighted by molar-refractivity contribution is 7.12. The minimum Gasteiger partial charge on any atom is -0.497 e. The molecule has 2 aromatic heterocycles. The maximum absolute atomic E-state index is 12.4. The first-order chi connectivity index (χ1) is 15.2. The third-order valence-electron chi connectivity index (χ3n) is 4.59. The fourth-order valence-corrected chi connectivity index (χ4v) is 3.67. The van der Waals surface area contributed by atoms with E-state index in [9.17, 15) is 4.79 Å². The van der Waals surface area contributed by atoms with Gasteiger partial charge in [-0.25, -0.2) is 4.98 Å². The predicted octanol–water partition coefficient (Wildman–Crippen LogP) is 3.53. The average Bonchev–Trinajstić information content (AvgIpc) is 3.57. The van der Waals surface area contributed by atoms with Crippen molar-refractivity contribution in [3.63, 3.8) is 0 Å². The lowest BCUT2D eigenvalue weighted by Gasteiger charge is -2.04. The van der Waals surface area contributed by atoms with Crippen LogP contribution >= 0.6 is 11.3 Å². The van der Waals surface area contributed by atoms with E-state index in [1.165, 1.54) is 11.3 Å². The number of benzene rings is 2. The summed E-state index contributed by atoms with van der Waals surface area (Å²) in [6.45, 7) is 0.574. The Balaban J connectivity index is 1.26. The van der Waals surface area contributed by atoms with Gasteiger partial charge in [-0.1, -0.05) is 17.3 Å². The van der Waals surface area contributed by atoms with Crippen LogP contribution in [0.2, 0.25) is 0 Å². The van der Waals surface area contributed by atoms with E-state index in [-0.39, 0.29) is 18.6 Å². The Morgan fingerprint density at radius 3 is 2.81 bits per heavy atom. The highest BCUT2D eigenvalue weighted by Gasteiger charge is 2.19. The van der Waals surface area contributed by atoms with Crippen LogP contribution in [0.15, 0.2) is 52.4 Å². The van der Waals surface area contributed by atoms with Gasteiger partial charge >= 0.3 is 0 Å². The summed E-state index contributed by atoms with van der Waals surface area (Å²) in [7, 11) is 1.61. The normalized spacial score (nSPS) is 12.0. The number of fused-ring (bicyclic) bond motifs is 1. The second-order valence-corrected chi connectivity index (χ2v) is 7.42. The highest BCUT2D eigenvalue weighted by Crippen LogP contribution is 2.35. The monoisotopic (exact) mass is 436 g/mol. The van der Waals surface area contributed by atoms with Crippen molar-refractivity contribution in [3.8, 4) is 40.2 Å². The number of nitrogens with one attached hydrogen (secondary N) is 1. The van der Waals surface area contributed by atoms with Crippen LogP contribution in [0.25, 0.3) is 23.0 Å². The molecule has 0 fully saturated rings. The zero-order valence-corrected chi connectivity index (χ0v) is 17.1. The van der Waals surface area contributed by atoms with Gasteiger partial charge in [0.25, 0.3) is 11.8 Å². The largest absolute Gasteiger partial charge is 0.497 e. The van der Waals surface area contributed by atoms with E-state index in [0.717, 1.165) is 16.9 Å². The number of amides is 1. The van der Waals surface area contributed by atoms with Crippen molar-refractivity contribution < 1.29 is 23.5 Å². The second kappa shape index (κ2) is 8.07. The number of ether oxygens (including phenoxy) is 3. The van der Waals surface area contributed by atoms with Gasteiger partial charge in [-0.2, -0.15) is 4.98 Å². The van der Waals surface area contributed by atoms with E-state index in [4.69, 9.17) is 18.7 Å². The number of nitrogens with zero attached hydrogens (tertiary/aromatic N) is 3. The van der Waals surface area contributed by atoms with E-state index in [0.29, 0.717) is 34.6 Å². The molecule has 0 spiro atoms. The molecule has 10 heteroatoms. The number of carbonyl (C=O) groups is 1. The van der Waals surface area contributed by atoms with Crippen LogP contribution in [-0.4, -0.2) is 34.9 Å². The summed E-state index contributed by atoms with van der Waals surface area (Å²) in [6.07, 6.45) is 0. The van der Waals surface area contributed by atoms with Gasteiger partial charge in [0.15, 0.2) is 16.5 Å². The van der Waals surface area contributed by atoms with Gasteiger partial charge in [-0.3, -0.25) is 4.79 Å². The van der Waals surface area contributed by atoms with Gasteiger partial charge < -0.3 is 24.1 Å². The maximum Gasteiger partial charge on any atom is 0.280 e. The van der Waals surface area contributed by atoms with Crippen molar-refractivity contribution >= 4 is 17.2 Å². The van der Waals surface area contributed by atoms with E-state index >= 15 is 0 Å². The highest BCUT2D eigenvalue weighted by atomic mass is 32.1. The Kier molecular flexibility index (Phi) is 4.97. The molecule has 1 aliphatic rings. The van der Waals surface area contributed by atoms with Crippen LogP contribution in [0, 0.1) is 0 Å². The molecule has 0 radical (unpaired) electrons. The molecule has 0 bridgehead atoms. The van der Waals surface area contributed by atoms with Crippen LogP contribution < -0.4 is 19.5 Å². The average molecular weight is 436 g/mol. The molecule has 156 valence electrons. The van der Waals surface area contributed by atoms with Crippen molar-refractivity contribution in [1.29, 1.82) is 0 Å². The van der Waals surface area contributed by atoms with Gasteiger partial charge in [-0.05, 0) is 35.9 Å². The van der Waals surface area contributed by atoms with E-state index in [1.807, 2.05) is 30.3 Å². The number of carbonyl (C=O) groups excluding carboxylic acids is 1. The second-order valence-electron chi connectivity index (χ2n) is 6.56. The summed E-state index contributed by atoms with van der Waals surface area (Å²) in [4.78, 5) is 21.2. The summed E-state index contributed by atoms with van der Waals surface area (Å²) in [5, 5.41) is 8.87. The summed E-state index contributed by atoms with van der Waals surface area (Å²) in [5.41, 5.74) is 2.13. The molecular weight excluding hydrogens is 420 g/mol. The Bertz CT molecular complexity index is 1230. The van der Waals surface area contributed by atoms with Crippen LogP contribution in [0.1, 0.15) is 15.4 Å². The number of methoxy groups -OCH3 is 1. The topological polar surface area (TPSA) is 109 Å². The Hall–Kier alpha value is -3.92. The van der Waals surface area contributed by atoms with E-state index < -0.39 is 0 Å². The number of hydrogen-bond donors (Lipinski definition) is 1. The Morgan fingerprint density at radius 2 is 1.97 bits per heavy atom. The molecule has 4 aromatic rings. The smallest absolute Gasteiger partial charge is 0.280 e. The Morgan fingerprint density at radius 1 is 1.13 bits per heavy atom. The van der Waals surface area contributed by atoms with Gasteiger partial charge in [0.1, 0.15) is 11.4 Å². The van der Waals surface area contributed by atoms with E-state index in [1.54, 1.807) is 24.6 Å². The zero-order chi connectivity index (χ0) is 21.2. The first-order valence-corrected chi connectivity index (χ1v) is 10.2. The lowest BCUT2D eigenvalue weighted by Crippen LogP contribution is -2.22. The fourth-order valence-electron chi connectivity index (χ4n) is 2.96. The molecule has 31 heavy (non-hydrogen) atoms. The van der Waals surface area contributed by atoms with Crippen LogP contribution in [0.4, 0.5) is 0 Å². The molecule has 5 rings (SSSR count). The van der Waals surface area contributed by atoms with Crippen molar-refractivity contribution in [2.45, 2.75) is 6.54 Å². The third-order valence-corrected chi connectivity index (χ3v) is 5.43. The van der Waals surface area contributed by atoms with Crippen LogP contribution in [0.5, 0.6) is 17.2 Å². The predicted molar refractivity (Wildman–Crippen MR) is 111 cm³/mol. The van der Waals surface area contributed by atoms with Crippen molar-refractivity contribution in [2.75, 3.05) is 13.9 Å². The van der Waals surface area contributed by atoms with Gasteiger partial charge in [0.2, 0.25) is 12.6 Å². The zero-order valence-electron chi connectivity index (χ0n) is 16.3. The summed E-state index contributed by atoms with van der Waals surface area (Å²) in [6, 6.07) is 12.9. The van der Waals surface area contributed by atoms with Crippen LogP contribution in [-0.2, 0) is 6.54 Å². The molecule has 2 aromatic carbocycles. The van der Waals surface area contributed by atoms with Crippen molar-refractivity contribution in [2.24, 2.45) is 0 Å². The molecule has 0 saturated carbocycles. The quantitative estimate of drug-likeness (QED) is 0.489. The van der Waals surface area contributed by atoms with Gasteiger partial charge in [-0.15, -0.1) is 11.3 Å². The summed E-state index contributed by atoms with van der Waals surface area (Å²) in [5.74, 6) is 2.43. The number of rotatable bonds is 6. The first kappa shape index (κ1) is 19.1. The fraction of sp³-hybridized carbons (Fsp3) is 0.143. The third kappa shape index (κ3) is 3.92. The first-order valence-electron chi connectivity index (χ1n) is 9.30. The molecule has 1 amide bonds. The lowest BCUT2D eigenvalue weighted by atomic mass is 10.2. The SMILES string of the molecule is COc1ccc(CNC(=O)c2nc(-c3nc(-c4ccc5c(c4)OCO5)no3)cs2)cc1. The number of thiazole rings is 1. The van der Waals surface area contributed by atoms with Crippen LogP contribution in [0.3, 0.4) is 0 Å². The van der Waals surface area contributed by atoms with Crippen molar-refractivity contribution in [3.05, 3.63) is 58.4 Å². The lowest BCUT2D eigenvalue weighted by molar-refractivity contribution is 0.0950. The summed E-state index contributed by atoms with van der Waals surface area (Å²) >= 11 is 1.21.